The summed E-state index contributed by atoms with van der Waals surface area (Å²) >= 11 is 1.05. The molecule has 5 aromatic rings. The van der Waals surface area contributed by atoms with Gasteiger partial charge in [0.2, 0.25) is 5.95 Å². The Kier molecular flexibility index (Phi) is 7.55. The molecule has 5 rings (SSSR count). The molecule has 0 amide bonds. The molecule has 0 aliphatic carbocycles. The Hall–Kier alpha value is -4.63. The normalized spacial score (nSPS) is 11.4. The topological polar surface area (TPSA) is 119 Å². The minimum atomic E-state index is -4.93. The first kappa shape index (κ1) is 27.9. The van der Waals surface area contributed by atoms with Crippen LogP contribution >= 0.6 is 11.3 Å². The number of rotatable bonds is 8. The number of ether oxygens (including phenoxy) is 1. The van der Waals surface area contributed by atoms with Crippen molar-refractivity contribution in [1.29, 1.82) is 0 Å². The second-order valence-electron chi connectivity index (χ2n) is 8.30. The van der Waals surface area contributed by atoms with E-state index in [9.17, 15) is 21.6 Å². The Balaban J connectivity index is 1.71. The Morgan fingerprint density at radius 1 is 0.976 bits per heavy atom. The van der Waals surface area contributed by atoms with Gasteiger partial charge >= 0.3 is 0 Å². The first-order valence-corrected chi connectivity index (χ1v) is 13.9. The van der Waals surface area contributed by atoms with E-state index in [4.69, 9.17) is 4.74 Å². The van der Waals surface area contributed by atoms with Crippen molar-refractivity contribution in [3.8, 4) is 38.1 Å². The van der Waals surface area contributed by atoms with Crippen LogP contribution in [0.25, 0.3) is 32.4 Å². The molecule has 0 unspecified atom stereocenters. The number of pyridine rings is 1. The highest BCUT2D eigenvalue weighted by Crippen LogP contribution is 2.43. The second kappa shape index (κ2) is 11.1. The lowest BCUT2D eigenvalue weighted by Crippen LogP contribution is -2.17. The van der Waals surface area contributed by atoms with Gasteiger partial charge in [-0.15, -0.1) is 11.3 Å². The van der Waals surface area contributed by atoms with Crippen molar-refractivity contribution in [2.24, 2.45) is 0 Å². The summed E-state index contributed by atoms with van der Waals surface area (Å²) in [7, 11) is -2.06. The third-order valence-corrected chi connectivity index (χ3v) is 8.20. The molecule has 0 fully saturated rings. The van der Waals surface area contributed by atoms with E-state index >= 15 is 4.39 Å². The van der Waals surface area contributed by atoms with Gasteiger partial charge in [-0.1, -0.05) is 6.07 Å². The molecule has 0 bridgehead atoms. The number of halogens is 4. The fourth-order valence-electron chi connectivity index (χ4n) is 3.83. The van der Waals surface area contributed by atoms with E-state index in [1.807, 2.05) is 4.72 Å². The molecule has 3 heterocycles. The van der Waals surface area contributed by atoms with E-state index in [-0.39, 0.29) is 28.0 Å². The molecule has 0 aliphatic rings. The van der Waals surface area contributed by atoms with Crippen molar-refractivity contribution in [1.82, 2.24) is 19.9 Å². The van der Waals surface area contributed by atoms with Crippen molar-refractivity contribution in [2.75, 3.05) is 24.2 Å². The Morgan fingerprint density at radius 2 is 1.73 bits per heavy atom. The Labute approximate surface area is 235 Å². The van der Waals surface area contributed by atoms with Crippen LogP contribution < -0.4 is 14.8 Å². The number of hydrogen-bond acceptors (Lipinski definition) is 9. The molecule has 9 nitrogen and oxygen atoms in total. The van der Waals surface area contributed by atoms with Crippen LogP contribution in [0, 0.1) is 23.3 Å². The Morgan fingerprint density at radius 3 is 2.41 bits per heavy atom. The zero-order chi connectivity index (χ0) is 29.3. The van der Waals surface area contributed by atoms with E-state index in [1.54, 1.807) is 13.1 Å². The molecule has 3 aromatic heterocycles. The largest absolute Gasteiger partial charge is 0.497 e. The van der Waals surface area contributed by atoms with E-state index in [0.717, 1.165) is 41.8 Å². The number of methoxy groups -OCH3 is 1. The predicted molar refractivity (Wildman–Crippen MR) is 145 cm³/mol. The van der Waals surface area contributed by atoms with Gasteiger partial charge in [-0.25, -0.2) is 40.9 Å². The van der Waals surface area contributed by atoms with Crippen molar-refractivity contribution in [3.63, 3.8) is 0 Å². The molecule has 41 heavy (non-hydrogen) atoms. The number of aromatic nitrogens is 4. The molecule has 0 aliphatic heterocycles. The van der Waals surface area contributed by atoms with Gasteiger partial charge in [0, 0.05) is 36.6 Å². The predicted octanol–water partition coefficient (Wildman–Crippen LogP) is 5.74. The van der Waals surface area contributed by atoms with Gasteiger partial charge in [-0.05, 0) is 30.3 Å². The molecule has 2 N–H and O–H groups in total. The van der Waals surface area contributed by atoms with Crippen molar-refractivity contribution < 1.29 is 30.7 Å². The number of sulfonamides is 1. The Bertz CT molecular complexity index is 1870. The van der Waals surface area contributed by atoms with Crippen molar-refractivity contribution in [2.45, 2.75) is 4.90 Å². The van der Waals surface area contributed by atoms with Crippen molar-refractivity contribution in [3.05, 3.63) is 84.3 Å². The van der Waals surface area contributed by atoms with E-state index in [2.05, 4.69) is 25.3 Å². The lowest BCUT2D eigenvalue weighted by Gasteiger charge is -2.14. The minimum Gasteiger partial charge on any atom is -0.497 e. The smallest absolute Gasteiger partial charge is 0.267 e. The quantitative estimate of drug-likeness (QED) is 0.216. The van der Waals surface area contributed by atoms with Crippen molar-refractivity contribution >= 4 is 33.0 Å². The zero-order valence-electron chi connectivity index (χ0n) is 21.1. The summed E-state index contributed by atoms with van der Waals surface area (Å²) in [5.41, 5.74) is -0.269. The molecule has 15 heteroatoms. The molecule has 0 saturated carbocycles. The molecule has 2 aromatic carbocycles. The first-order valence-electron chi connectivity index (χ1n) is 11.6. The van der Waals surface area contributed by atoms with Gasteiger partial charge in [0.15, 0.2) is 10.7 Å². The fraction of sp³-hybridized carbons (Fsp3) is 0.0769. The third-order valence-electron chi connectivity index (χ3n) is 5.66. The van der Waals surface area contributed by atoms with Crippen LogP contribution in [0.5, 0.6) is 5.75 Å². The minimum absolute atomic E-state index is 0.000343. The van der Waals surface area contributed by atoms with Crippen LogP contribution in [0.15, 0.2) is 66.0 Å². The summed E-state index contributed by atoms with van der Waals surface area (Å²) in [4.78, 5) is 15.9. The van der Waals surface area contributed by atoms with Crippen LogP contribution in [-0.4, -0.2) is 42.5 Å². The van der Waals surface area contributed by atoms with E-state index in [1.165, 1.54) is 31.6 Å². The van der Waals surface area contributed by atoms with E-state index in [0.29, 0.717) is 16.1 Å². The molecule has 210 valence electrons. The van der Waals surface area contributed by atoms with Crippen LogP contribution in [0.4, 0.5) is 29.2 Å². The number of benzene rings is 2. The standard InChI is InChI=1S/C26H18F4N6O3S2/c1-31-26-33-7-6-19(34-26)23-22(35-25(40-23)13-8-14(27)12-32-11-13)16-9-15(39-2)10-20(21(16)30)36-41(37,38)24-17(28)4-3-5-18(24)29/h3-12,36H,1-2H3,(H,31,33,34). The highest BCUT2D eigenvalue weighted by atomic mass is 32.2. The summed E-state index contributed by atoms with van der Waals surface area (Å²) in [5.74, 6) is -4.21. The molecule has 0 atom stereocenters. The number of anilines is 2. The van der Waals surface area contributed by atoms with Gasteiger partial charge in [-0.3, -0.25) is 9.71 Å². The molecular formula is C26H18F4N6O3S2. The third kappa shape index (κ3) is 5.53. The van der Waals surface area contributed by atoms with E-state index < -0.39 is 43.9 Å². The lowest BCUT2D eigenvalue weighted by atomic mass is 10.1. The molecule has 0 radical (unpaired) electrons. The van der Waals surface area contributed by atoms with Crippen LogP contribution in [0.1, 0.15) is 0 Å². The maximum absolute atomic E-state index is 16.1. The average Bonchev–Trinajstić information content (AvgIpc) is 3.39. The van der Waals surface area contributed by atoms with Crippen LogP contribution in [0.3, 0.4) is 0 Å². The SMILES string of the molecule is CNc1nccc(-c2sc(-c3cncc(F)c3)nc2-c2cc(OC)cc(NS(=O)(=O)c3c(F)cccc3F)c2F)n1. The highest BCUT2D eigenvalue weighted by Gasteiger charge is 2.28. The summed E-state index contributed by atoms with van der Waals surface area (Å²) in [5, 5.41) is 3.06. The molecule has 0 saturated heterocycles. The maximum Gasteiger partial charge on any atom is 0.267 e. The van der Waals surface area contributed by atoms with Gasteiger partial charge < -0.3 is 10.1 Å². The summed E-state index contributed by atoms with van der Waals surface area (Å²) in [6.45, 7) is 0. The summed E-state index contributed by atoms with van der Waals surface area (Å²) in [6, 6.07) is 7.55. The summed E-state index contributed by atoms with van der Waals surface area (Å²) in [6.07, 6.45) is 3.85. The maximum atomic E-state index is 16.1. The van der Waals surface area contributed by atoms with Crippen LogP contribution in [-0.2, 0) is 10.0 Å². The zero-order valence-corrected chi connectivity index (χ0v) is 22.7. The first-order chi connectivity index (χ1) is 19.6. The highest BCUT2D eigenvalue weighted by molar-refractivity contribution is 7.92. The average molecular weight is 603 g/mol. The number of nitrogens with zero attached hydrogens (tertiary/aromatic N) is 4. The monoisotopic (exact) mass is 602 g/mol. The second-order valence-corrected chi connectivity index (χ2v) is 10.9. The number of nitrogens with one attached hydrogen (secondary N) is 2. The lowest BCUT2D eigenvalue weighted by molar-refractivity contribution is 0.414. The van der Waals surface area contributed by atoms with Crippen LogP contribution in [0.2, 0.25) is 0 Å². The van der Waals surface area contributed by atoms with Gasteiger partial charge in [0.1, 0.15) is 28.2 Å². The molecule has 0 spiro atoms. The van der Waals surface area contributed by atoms with Gasteiger partial charge in [-0.2, -0.15) is 0 Å². The fourth-order valence-corrected chi connectivity index (χ4v) is 6.05. The number of hydrogen-bond donors (Lipinski definition) is 2. The van der Waals surface area contributed by atoms with Gasteiger partial charge in [0.25, 0.3) is 10.0 Å². The number of thiazole rings is 1. The molecular weight excluding hydrogens is 584 g/mol. The summed E-state index contributed by atoms with van der Waals surface area (Å²) < 4.78 is 91.7. The van der Waals surface area contributed by atoms with Gasteiger partial charge in [0.05, 0.1) is 35.3 Å².